The van der Waals surface area contributed by atoms with E-state index in [0.717, 1.165) is 23.1 Å². The maximum absolute atomic E-state index is 13.7. The molecule has 0 unspecified atom stereocenters. The lowest BCUT2D eigenvalue weighted by Crippen LogP contribution is -2.35. The lowest BCUT2D eigenvalue weighted by Gasteiger charge is -2.19. The van der Waals surface area contributed by atoms with Crippen LogP contribution in [0.15, 0.2) is 71.7 Å². The maximum Gasteiger partial charge on any atom is 0.416 e. The number of hydrogen-bond donors (Lipinski definition) is 1. The Kier molecular flexibility index (Phi) is 10.1. The highest BCUT2D eigenvalue weighted by Gasteiger charge is 2.31. The Balaban J connectivity index is 1.75. The largest absolute Gasteiger partial charge is 0.416 e. The van der Waals surface area contributed by atoms with Crippen molar-refractivity contribution in [1.82, 2.24) is 19.7 Å². The third-order valence-electron chi connectivity index (χ3n) is 6.52. The molecule has 0 aliphatic carbocycles. The molecule has 1 N–H and O–H groups in total. The van der Waals surface area contributed by atoms with Crippen LogP contribution in [0.5, 0.6) is 0 Å². The molecule has 9 nitrogen and oxygen atoms in total. The summed E-state index contributed by atoms with van der Waals surface area (Å²) in [7, 11) is 0. The molecule has 0 spiro atoms. The van der Waals surface area contributed by atoms with Crippen LogP contribution in [0.4, 0.5) is 18.9 Å². The minimum atomic E-state index is -4.64. The van der Waals surface area contributed by atoms with Crippen molar-refractivity contribution in [1.29, 1.82) is 0 Å². The molecule has 0 fully saturated rings. The second-order valence-corrected chi connectivity index (χ2v) is 9.48. The SMILES string of the molecule is [C-]#[N+]c1ccc(-n2nccc2-c2cc(C(=O)NCCOCCOCCC)c(=O)n(-c3cccc(C(F)(F)F)c3)c2C)cc1. The van der Waals surface area contributed by atoms with E-state index < -0.39 is 23.2 Å². The van der Waals surface area contributed by atoms with Gasteiger partial charge in [-0.2, -0.15) is 18.3 Å². The lowest BCUT2D eigenvalue weighted by molar-refractivity contribution is -0.137. The van der Waals surface area contributed by atoms with E-state index in [2.05, 4.69) is 15.3 Å². The molecule has 0 saturated heterocycles. The van der Waals surface area contributed by atoms with E-state index in [1.807, 2.05) is 6.92 Å². The number of benzene rings is 2. The van der Waals surface area contributed by atoms with Crippen LogP contribution in [0.25, 0.3) is 27.5 Å². The van der Waals surface area contributed by atoms with E-state index in [1.165, 1.54) is 24.4 Å². The molecule has 2 aromatic carbocycles. The van der Waals surface area contributed by atoms with Gasteiger partial charge in [-0.05, 0) is 55.8 Å². The van der Waals surface area contributed by atoms with Crippen LogP contribution in [0.1, 0.15) is 35.0 Å². The second kappa shape index (κ2) is 14.0. The molecule has 0 saturated carbocycles. The number of alkyl halides is 3. The Morgan fingerprint density at radius 2 is 1.72 bits per heavy atom. The third kappa shape index (κ3) is 7.38. The molecule has 4 rings (SSSR count). The minimum Gasteiger partial charge on any atom is -0.379 e. The molecule has 12 heteroatoms. The quantitative estimate of drug-likeness (QED) is 0.167. The fourth-order valence-electron chi connectivity index (χ4n) is 4.44. The molecular weight excluding hydrogens is 563 g/mol. The molecule has 224 valence electrons. The minimum absolute atomic E-state index is 0.0453. The summed E-state index contributed by atoms with van der Waals surface area (Å²) in [6.07, 6.45) is -2.22. The van der Waals surface area contributed by atoms with Crippen LogP contribution in [0.2, 0.25) is 0 Å². The van der Waals surface area contributed by atoms with Gasteiger partial charge in [-0.15, -0.1) is 0 Å². The number of ether oxygens (including phenoxy) is 2. The molecule has 0 radical (unpaired) electrons. The van der Waals surface area contributed by atoms with Crippen molar-refractivity contribution in [3.63, 3.8) is 0 Å². The van der Waals surface area contributed by atoms with Gasteiger partial charge in [0.25, 0.3) is 11.5 Å². The first-order valence-electron chi connectivity index (χ1n) is 13.6. The summed E-state index contributed by atoms with van der Waals surface area (Å²) in [5, 5.41) is 7.04. The number of hydrogen-bond acceptors (Lipinski definition) is 5. The first-order chi connectivity index (χ1) is 20.7. The molecule has 0 bridgehead atoms. The summed E-state index contributed by atoms with van der Waals surface area (Å²) < 4.78 is 54.2. The van der Waals surface area contributed by atoms with Gasteiger partial charge in [-0.1, -0.05) is 25.1 Å². The smallest absolute Gasteiger partial charge is 0.379 e. The van der Waals surface area contributed by atoms with Crippen molar-refractivity contribution in [3.05, 3.63) is 105 Å². The Bertz CT molecular complexity index is 1670. The Labute approximate surface area is 246 Å². The molecule has 0 aliphatic heterocycles. The highest BCUT2D eigenvalue weighted by Crippen LogP contribution is 2.32. The summed E-state index contributed by atoms with van der Waals surface area (Å²) in [5.74, 6) is -0.703. The topological polar surface area (TPSA) is 91.7 Å². The zero-order chi connectivity index (χ0) is 31.0. The summed E-state index contributed by atoms with van der Waals surface area (Å²) in [6, 6.07) is 14.1. The lowest BCUT2D eigenvalue weighted by atomic mass is 10.0. The molecule has 0 aliphatic rings. The average molecular weight is 594 g/mol. The highest BCUT2D eigenvalue weighted by molar-refractivity contribution is 5.95. The summed E-state index contributed by atoms with van der Waals surface area (Å²) in [6.45, 7) is 12.4. The number of carbonyl (C=O) groups is 1. The van der Waals surface area contributed by atoms with Gasteiger partial charge in [0.1, 0.15) is 5.56 Å². The number of amides is 1. The number of pyridine rings is 1. The van der Waals surface area contributed by atoms with Crippen LogP contribution in [0, 0.1) is 13.5 Å². The first-order valence-corrected chi connectivity index (χ1v) is 13.6. The van der Waals surface area contributed by atoms with E-state index in [-0.39, 0.29) is 24.4 Å². The van der Waals surface area contributed by atoms with Crippen LogP contribution in [-0.2, 0) is 15.7 Å². The first kappa shape index (κ1) is 31.2. The van der Waals surface area contributed by atoms with Gasteiger partial charge >= 0.3 is 6.18 Å². The zero-order valence-electron chi connectivity index (χ0n) is 23.6. The van der Waals surface area contributed by atoms with Gasteiger partial charge in [0, 0.05) is 30.1 Å². The van der Waals surface area contributed by atoms with Crippen molar-refractivity contribution in [2.24, 2.45) is 0 Å². The van der Waals surface area contributed by atoms with Gasteiger partial charge < -0.3 is 14.8 Å². The van der Waals surface area contributed by atoms with Gasteiger partial charge in [-0.25, -0.2) is 9.53 Å². The standard InChI is InChI=1S/C31H30F3N5O4/c1-4-15-42-17-18-43-16-14-36-29(40)27-20-26(28-12-13-37-39(28)24-10-8-23(35-3)9-11-24)21(2)38(30(27)41)25-7-5-6-22(19-25)31(32,33)34/h5-13,19-20H,4,14-18H2,1-2H3,(H,36,40). The van der Waals surface area contributed by atoms with Crippen molar-refractivity contribution in [2.75, 3.05) is 33.0 Å². The molecule has 0 atom stereocenters. The summed E-state index contributed by atoms with van der Waals surface area (Å²) in [5.41, 5.74) is 0.207. The van der Waals surface area contributed by atoms with E-state index in [1.54, 1.807) is 41.9 Å². The van der Waals surface area contributed by atoms with Gasteiger partial charge in [0.05, 0.1) is 49.5 Å². The second-order valence-electron chi connectivity index (χ2n) is 9.48. The summed E-state index contributed by atoms with van der Waals surface area (Å²) >= 11 is 0. The van der Waals surface area contributed by atoms with E-state index in [9.17, 15) is 22.8 Å². The maximum atomic E-state index is 13.7. The van der Waals surface area contributed by atoms with Crippen molar-refractivity contribution < 1.29 is 27.4 Å². The van der Waals surface area contributed by atoms with E-state index in [0.29, 0.717) is 48.1 Å². The zero-order valence-corrected chi connectivity index (χ0v) is 23.6. The Morgan fingerprint density at radius 1 is 1.00 bits per heavy atom. The van der Waals surface area contributed by atoms with E-state index >= 15 is 0 Å². The van der Waals surface area contributed by atoms with Crippen LogP contribution in [-0.4, -0.2) is 53.2 Å². The molecular formula is C31H30F3N5O4. The number of aromatic nitrogens is 3. The number of carbonyl (C=O) groups excluding carboxylic acids is 1. The Hall–Kier alpha value is -4.73. The highest BCUT2D eigenvalue weighted by atomic mass is 19.4. The molecule has 2 heterocycles. The molecule has 4 aromatic rings. The van der Waals surface area contributed by atoms with Crippen LogP contribution in [0.3, 0.4) is 0 Å². The van der Waals surface area contributed by atoms with E-state index in [4.69, 9.17) is 16.0 Å². The van der Waals surface area contributed by atoms with Crippen LogP contribution >= 0.6 is 0 Å². The van der Waals surface area contributed by atoms with Gasteiger partial charge in [0.2, 0.25) is 0 Å². The number of nitrogens with one attached hydrogen (secondary N) is 1. The average Bonchev–Trinajstić information content (AvgIpc) is 3.48. The normalized spacial score (nSPS) is 11.3. The van der Waals surface area contributed by atoms with Crippen LogP contribution < -0.4 is 10.9 Å². The molecule has 1 amide bonds. The van der Waals surface area contributed by atoms with Gasteiger partial charge in [0.15, 0.2) is 5.69 Å². The van der Waals surface area contributed by atoms with Crippen molar-refractivity contribution >= 4 is 11.6 Å². The van der Waals surface area contributed by atoms with Crippen molar-refractivity contribution in [2.45, 2.75) is 26.4 Å². The number of nitrogens with zero attached hydrogens (tertiary/aromatic N) is 4. The predicted molar refractivity (Wildman–Crippen MR) is 155 cm³/mol. The Morgan fingerprint density at radius 3 is 2.40 bits per heavy atom. The molecule has 43 heavy (non-hydrogen) atoms. The molecule has 2 aromatic heterocycles. The summed E-state index contributed by atoms with van der Waals surface area (Å²) in [4.78, 5) is 30.4. The fourth-order valence-corrected chi connectivity index (χ4v) is 4.44. The number of rotatable bonds is 12. The fraction of sp³-hybridized carbons (Fsp3) is 0.290. The van der Waals surface area contributed by atoms with Crippen molar-refractivity contribution in [3.8, 4) is 22.6 Å². The van der Waals surface area contributed by atoms with Gasteiger partial charge in [-0.3, -0.25) is 14.2 Å². The number of halogens is 3. The monoisotopic (exact) mass is 593 g/mol. The third-order valence-corrected chi connectivity index (χ3v) is 6.52. The predicted octanol–water partition coefficient (Wildman–Crippen LogP) is 5.74.